The number of nitrogens with zero attached hydrogens (tertiary/aromatic N) is 5. The molecule has 148 valence electrons. The van der Waals surface area contributed by atoms with E-state index in [9.17, 15) is 4.79 Å². The van der Waals surface area contributed by atoms with Gasteiger partial charge in [0, 0.05) is 26.3 Å². The molecular weight excluding hydrogens is 376 g/mol. The third-order valence-corrected chi connectivity index (χ3v) is 5.09. The molecule has 0 atom stereocenters. The number of hydrogen-bond donors (Lipinski definition) is 1. The predicted octanol–water partition coefficient (Wildman–Crippen LogP) is 2.51. The molecule has 2 aromatic heterocycles. The Kier molecular flexibility index (Phi) is 6.70. The lowest BCUT2D eigenvalue weighted by atomic mass is 10.2. The average molecular weight is 401 g/mol. The highest BCUT2D eigenvalue weighted by molar-refractivity contribution is 7.99. The Bertz CT molecular complexity index is 922. The second-order valence-corrected chi connectivity index (χ2v) is 7.00. The van der Waals surface area contributed by atoms with Crippen molar-refractivity contribution in [2.45, 2.75) is 32.1 Å². The summed E-state index contributed by atoms with van der Waals surface area (Å²) in [7, 11) is 1.87. The van der Waals surface area contributed by atoms with Crippen LogP contribution in [-0.2, 0) is 24.9 Å². The SMILES string of the molecule is CCOc1nn(CC)cc1-c1nnc(SCC(=O)NCc2ccccc2)n1C. The highest BCUT2D eigenvalue weighted by Gasteiger charge is 2.19. The minimum Gasteiger partial charge on any atom is -0.476 e. The van der Waals surface area contributed by atoms with Crippen LogP contribution in [0.1, 0.15) is 19.4 Å². The Balaban J connectivity index is 1.63. The summed E-state index contributed by atoms with van der Waals surface area (Å²) >= 11 is 1.35. The fourth-order valence-electron chi connectivity index (χ4n) is 2.62. The highest BCUT2D eigenvalue weighted by atomic mass is 32.2. The fraction of sp³-hybridized carbons (Fsp3) is 0.368. The Morgan fingerprint density at radius 3 is 2.71 bits per heavy atom. The van der Waals surface area contributed by atoms with Gasteiger partial charge in [0.1, 0.15) is 5.56 Å². The zero-order valence-electron chi connectivity index (χ0n) is 16.3. The molecule has 8 nitrogen and oxygen atoms in total. The van der Waals surface area contributed by atoms with Crippen LogP contribution in [0.2, 0.25) is 0 Å². The van der Waals surface area contributed by atoms with Gasteiger partial charge in [0.25, 0.3) is 0 Å². The number of amides is 1. The molecular formula is C19H24N6O2S. The van der Waals surface area contributed by atoms with Gasteiger partial charge in [0.05, 0.1) is 12.4 Å². The average Bonchev–Trinajstić information content (AvgIpc) is 3.28. The summed E-state index contributed by atoms with van der Waals surface area (Å²) < 4.78 is 9.29. The molecule has 2 heterocycles. The van der Waals surface area contributed by atoms with Crippen molar-refractivity contribution in [2.24, 2.45) is 7.05 Å². The maximum atomic E-state index is 12.1. The zero-order valence-corrected chi connectivity index (χ0v) is 17.1. The van der Waals surface area contributed by atoms with E-state index >= 15 is 0 Å². The summed E-state index contributed by atoms with van der Waals surface area (Å²) in [6.07, 6.45) is 1.90. The molecule has 1 aromatic carbocycles. The summed E-state index contributed by atoms with van der Waals surface area (Å²) in [4.78, 5) is 12.1. The molecule has 0 aliphatic carbocycles. The van der Waals surface area contributed by atoms with Gasteiger partial charge in [-0.25, -0.2) is 0 Å². The van der Waals surface area contributed by atoms with E-state index < -0.39 is 0 Å². The van der Waals surface area contributed by atoms with E-state index in [0.29, 0.717) is 30.0 Å². The van der Waals surface area contributed by atoms with Crippen LogP contribution in [0.4, 0.5) is 0 Å². The molecule has 0 saturated carbocycles. The minimum absolute atomic E-state index is 0.0489. The first-order chi connectivity index (χ1) is 13.6. The van der Waals surface area contributed by atoms with Gasteiger partial charge in [-0.3, -0.25) is 9.48 Å². The summed E-state index contributed by atoms with van der Waals surface area (Å²) in [6, 6.07) is 9.82. The lowest BCUT2D eigenvalue weighted by Crippen LogP contribution is -2.24. The third kappa shape index (κ3) is 4.72. The molecule has 0 unspecified atom stereocenters. The molecule has 0 bridgehead atoms. The quantitative estimate of drug-likeness (QED) is 0.556. The standard InChI is InChI=1S/C19H24N6O2S/c1-4-25-12-15(18(23-25)27-5-2)17-21-22-19(24(17)3)28-13-16(26)20-11-14-9-7-6-8-10-14/h6-10,12H,4-5,11,13H2,1-3H3,(H,20,26). The minimum atomic E-state index is -0.0489. The molecule has 0 saturated heterocycles. The number of carbonyl (C=O) groups excluding carboxylic acids is 1. The topological polar surface area (TPSA) is 86.9 Å². The number of carbonyl (C=O) groups is 1. The van der Waals surface area contributed by atoms with Crippen molar-refractivity contribution < 1.29 is 9.53 Å². The molecule has 1 amide bonds. The maximum absolute atomic E-state index is 12.1. The van der Waals surface area contributed by atoms with E-state index in [4.69, 9.17) is 4.74 Å². The van der Waals surface area contributed by atoms with Crippen molar-refractivity contribution in [1.82, 2.24) is 29.9 Å². The van der Waals surface area contributed by atoms with Crippen molar-refractivity contribution in [3.63, 3.8) is 0 Å². The van der Waals surface area contributed by atoms with Gasteiger partial charge < -0.3 is 14.6 Å². The first kappa shape index (κ1) is 19.9. The second kappa shape index (κ2) is 9.41. The molecule has 0 aliphatic heterocycles. The van der Waals surface area contributed by atoms with Crippen LogP contribution < -0.4 is 10.1 Å². The number of ether oxygens (including phenoxy) is 1. The zero-order chi connectivity index (χ0) is 19.9. The normalized spacial score (nSPS) is 10.8. The largest absolute Gasteiger partial charge is 0.476 e. The maximum Gasteiger partial charge on any atom is 0.243 e. The third-order valence-electron chi connectivity index (χ3n) is 4.07. The van der Waals surface area contributed by atoms with Crippen LogP contribution in [0.5, 0.6) is 5.88 Å². The molecule has 0 radical (unpaired) electrons. The van der Waals surface area contributed by atoms with Crippen LogP contribution in [0.3, 0.4) is 0 Å². The first-order valence-electron chi connectivity index (χ1n) is 9.15. The summed E-state index contributed by atoms with van der Waals surface area (Å²) in [5, 5.41) is 16.5. The van der Waals surface area contributed by atoms with E-state index in [-0.39, 0.29) is 11.7 Å². The summed E-state index contributed by atoms with van der Waals surface area (Å²) in [6.45, 7) is 5.70. The Hall–Kier alpha value is -2.81. The Morgan fingerprint density at radius 2 is 2.00 bits per heavy atom. The number of benzene rings is 1. The van der Waals surface area contributed by atoms with E-state index in [1.807, 2.05) is 62.0 Å². The van der Waals surface area contributed by atoms with Gasteiger partial charge >= 0.3 is 0 Å². The molecule has 1 N–H and O–H groups in total. The molecule has 0 spiro atoms. The molecule has 0 aliphatic rings. The summed E-state index contributed by atoms with van der Waals surface area (Å²) in [5.41, 5.74) is 1.86. The molecule has 28 heavy (non-hydrogen) atoms. The van der Waals surface area contributed by atoms with Gasteiger partial charge in [0.2, 0.25) is 11.8 Å². The van der Waals surface area contributed by atoms with E-state index in [1.54, 1.807) is 4.68 Å². The van der Waals surface area contributed by atoms with E-state index in [1.165, 1.54) is 11.8 Å². The lowest BCUT2D eigenvalue weighted by Gasteiger charge is -2.06. The van der Waals surface area contributed by atoms with Crippen LogP contribution in [0.15, 0.2) is 41.7 Å². The number of rotatable bonds is 9. The predicted molar refractivity (Wildman–Crippen MR) is 108 cm³/mol. The molecule has 3 aromatic rings. The van der Waals surface area contributed by atoms with Crippen LogP contribution >= 0.6 is 11.8 Å². The Labute approximate surface area is 168 Å². The monoisotopic (exact) mass is 400 g/mol. The van der Waals surface area contributed by atoms with Gasteiger partial charge in [-0.2, -0.15) is 0 Å². The number of aryl methyl sites for hydroxylation is 1. The number of nitrogens with one attached hydrogen (secondary N) is 1. The molecule has 9 heteroatoms. The first-order valence-corrected chi connectivity index (χ1v) is 10.1. The Morgan fingerprint density at radius 1 is 1.21 bits per heavy atom. The second-order valence-electron chi connectivity index (χ2n) is 6.05. The van der Waals surface area contributed by atoms with Crippen LogP contribution in [-0.4, -0.2) is 42.8 Å². The van der Waals surface area contributed by atoms with E-state index in [0.717, 1.165) is 17.7 Å². The number of hydrogen-bond acceptors (Lipinski definition) is 6. The van der Waals surface area contributed by atoms with Gasteiger partial charge in [-0.1, -0.05) is 42.1 Å². The van der Waals surface area contributed by atoms with Crippen molar-refractivity contribution in [2.75, 3.05) is 12.4 Å². The molecule has 3 rings (SSSR count). The van der Waals surface area contributed by atoms with Crippen molar-refractivity contribution >= 4 is 17.7 Å². The number of aromatic nitrogens is 5. The van der Waals surface area contributed by atoms with Gasteiger partial charge in [0.15, 0.2) is 11.0 Å². The van der Waals surface area contributed by atoms with Crippen molar-refractivity contribution in [3.8, 4) is 17.3 Å². The summed E-state index contributed by atoms with van der Waals surface area (Å²) in [5.74, 6) is 1.42. The smallest absolute Gasteiger partial charge is 0.243 e. The van der Waals surface area contributed by atoms with Crippen LogP contribution in [0.25, 0.3) is 11.4 Å². The molecule has 0 fully saturated rings. The van der Waals surface area contributed by atoms with Crippen molar-refractivity contribution in [1.29, 1.82) is 0 Å². The fourth-order valence-corrected chi connectivity index (χ4v) is 3.36. The number of thioether (sulfide) groups is 1. The van der Waals surface area contributed by atoms with Gasteiger partial charge in [-0.05, 0) is 19.4 Å². The van der Waals surface area contributed by atoms with Gasteiger partial charge in [-0.15, -0.1) is 15.3 Å². The van der Waals surface area contributed by atoms with Crippen molar-refractivity contribution in [3.05, 3.63) is 42.1 Å². The van der Waals surface area contributed by atoms with E-state index in [2.05, 4.69) is 20.6 Å². The lowest BCUT2D eigenvalue weighted by molar-refractivity contribution is -0.118. The highest BCUT2D eigenvalue weighted by Crippen LogP contribution is 2.29. The van der Waals surface area contributed by atoms with Crippen LogP contribution in [0, 0.1) is 0 Å².